The Morgan fingerprint density at radius 2 is 1.79 bits per heavy atom. The zero-order valence-corrected chi connectivity index (χ0v) is 15.6. The van der Waals surface area contributed by atoms with E-state index in [4.69, 9.17) is 0 Å². The Labute approximate surface area is 167 Å². The molecule has 2 aromatic heterocycles. The van der Waals surface area contributed by atoms with Crippen LogP contribution in [0.4, 0.5) is 32.2 Å². The standard InChI is InChI=1S/C20H20FN7O/c21-16-5-1-2-6-17(16)24-20(29)28-12-10-27(11-13-28)19-8-7-18(25-26-19)23-15-4-3-9-22-14-15/h1-9,14H,10-13H2,(H,23,25)(H,24,29). The van der Waals surface area contributed by atoms with Crippen LogP contribution in [-0.4, -0.2) is 52.3 Å². The van der Waals surface area contributed by atoms with Crippen molar-refractivity contribution in [2.24, 2.45) is 0 Å². The van der Waals surface area contributed by atoms with Crippen LogP contribution in [0.5, 0.6) is 0 Å². The number of carbonyl (C=O) groups excluding carboxylic acids is 1. The molecular weight excluding hydrogens is 373 g/mol. The van der Waals surface area contributed by atoms with Gasteiger partial charge in [0.1, 0.15) is 5.82 Å². The highest BCUT2D eigenvalue weighted by Crippen LogP contribution is 2.18. The zero-order chi connectivity index (χ0) is 20.1. The van der Waals surface area contributed by atoms with Crippen LogP contribution in [0.25, 0.3) is 0 Å². The van der Waals surface area contributed by atoms with E-state index in [0.717, 1.165) is 11.5 Å². The van der Waals surface area contributed by atoms with Gasteiger partial charge in [-0.15, -0.1) is 10.2 Å². The number of nitrogens with one attached hydrogen (secondary N) is 2. The van der Waals surface area contributed by atoms with Gasteiger partial charge in [-0.05, 0) is 36.4 Å². The average Bonchev–Trinajstić information content (AvgIpc) is 2.77. The Hall–Kier alpha value is -3.75. The largest absolute Gasteiger partial charge is 0.352 e. The van der Waals surface area contributed by atoms with Gasteiger partial charge in [-0.2, -0.15) is 0 Å². The monoisotopic (exact) mass is 393 g/mol. The molecule has 1 aliphatic heterocycles. The predicted molar refractivity (Wildman–Crippen MR) is 109 cm³/mol. The maximum Gasteiger partial charge on any atom is 0.322 e. The Morgan fingerprint density at radius 1 is 0.966 bits per heavy atom. The first-order chi connectivity index (χ1) is 14.2. The van der Waals surface area contributed by atoms with Crippen molar-refractivity contribution < 1.29 is 9.18 Å². The molecule has 0 spiro atoms. The molecule has 0 aliphatic carbocycles. The van der Waals surface area contributed by atoms with Crippen molar-refractivity contribution >= 4 is 29.0 Å². The number of para-hydroxylation sites is 1. The van der Waals surface area contributed by atoms with Gasteiger partial charge >= 0.3 is 6.03 Å². The molecular formula is C20H20FN7O. The molecule has 0 radical (unpaired) electrons. The van der Waals surface area contributed by atoms with Gasteiger partial charge in [0.2, 0.25) is 0 Å². The van der Waals surface area contributed by atoms with Crippen molar-refractivity contribution in [3.8, 4) is 0 Å². The van der Waals surface area contributed by atoms with Crippen molar-refractivity contribution in [1.29, 1.82) is 0 Å². The number of anilines is 4. The van der Waals surface area contributed by atoms with Crippen molar-refractivity contribution in [1.82, 2.24) is 20.1 Å². The molecule has 29 heavy (non-hydrogen) atoms. The summed E-state index contributed by atoms with van der Waals surface area (Å²) in [6.07, 6.45) is 3.41. The van der Waals surface area contributed by atoms with E-state index in [0.29, 0.717) is 32.0 Å². The van der Waals surface area contributed by atoms with E-state index >= 15 is 0 Å². The summed E-state index contributed by atoms with van der Waals surface area (Å²) in [5, 5.41) is 14.2. The number of rotatable bonds is 4. The van der Waals surface area contributed by atoms with E-state index in [2.05, 4.69) is 30.7 Å². The maximum absolute atomic E-state index is 13.7. The van der Waals surface area contributed by atoms with Gasteiger partial charge in [-0.1, -0.05) is 12.1 Å². The third-order valence-electron chi connectivity index (χ3n) is 4.59. The minimum Gasteiger partial charge on any atom is -0.352 e. The Kier molecular flexibility index (Phi) is 5.46. The van der Waals surface area contributed by atoms with Crippen LogP contribution in [0.1, 0.15) is 0 Å². The molecule has 3 heterocycles. The second kappa shape index (κ2) is 8.51. The number of pyridine rings is 1. The van der Waals surface area contributed by atoms with Gasteiger partial charge in [0.15, 0.2) is 11.6 Å². The first kappa shape index (κ1) is 18.6. The second-order valence-corrected chi connectivity index (χ2v) is 6.53. The summed E-state index contributed by atoms with van der Waals surface area (Å²) in [6, 6.07) is 13.3. The lowest BCUT2D eigenvalue weighted by molar-refractivity contribution is 0.208. The van der Waals surface area contributed by atoms with Crippen LogP contribution < -0.4 is 15.5 Å². The molecule has 4 rings (SSSR count). The summed E-state index contributed by atoms with van der Waals surface area (Å²) in [6.45, 7) is 2.26. The molecule has 2 amide bonds. The summed E-state index contributed by atoms with van der Waals surface area (Å²) in [4.78, 5) is 20.1. The Bertz CT molecular complexity index is 960. The lowest BCUT2D eigenvalue weighted by Crippen LogP contribution is -2.50. The number of aromatic nitrogens is 3. The number of carbonyl (C=O) groups is 1. The molecule has 0 unspecified atom stereocenters. The molecule has 0 atom stereocenters. The third kappa shape index (κ3) is 4.57. The lowest BCUT2D eigenvalue weighted by Gasteiger charge is -2.35. The van der Waals surface area contributed by atoms with E-state index < -0.39 is 5.82 Å². The SMILES string of the molecule is O=C(Nc1ccccc1F)N1CCN(c2ccc(Nc3cccnc3)nn2)CC1. The number of hydrogen-bond donors (Lipinski definition) is 2. The number of urea groups is 1. The highest BCUT2D eigenvalue weighted by molar-refractivity contribution is 5.89. The first-order valence-corrected chi connectivity index (χ1v) is 9.25. The van der Waals surface area contributed by atoms with Crippen molar-refractivity contribution in [2.75, 3.05) is 41.7 Å². The van der Waals surface area contributed by atoms with Gasteiger partial charge < -0.3 is 20.4 Å². The Balaban J connectivity index is 1.31. The van der Waals surface area contributed by atoms with Crippen LogP contribution >= 0.6 is 0 Å². The number of amides is 2. The molecule has 1 aliphatic rings. The summed E-state index contributed by atoms with van der Waals surface area (Å²) in [5.74, 6) is 0.926. The number of piperazine rings is 1. The van der Waals surface area contributed by atoms with E-state index in [-0.39, 0.29) is 11.7 Å². The number of halogens is 1. The van der Waals surface area contributed by atoms with E-state index in [1.54, 1.807) is 35.5 Å². The first-order valence-electron chi connectivity index (χ1n) is 9.25. The predicted octanol–water partition coefficient (Wildman–Crippen LogP) is 3.11. The quantitative estimate of drug-likeness (QED) is 0.708. The minimum atomic E-state index is -0.449. The maximum atomic E-state index is 13.7. The van der Waals surface area contributed by atoms with Crippen LogP contribution in [-0.2, 0) is 0 Å². The molecule has 0 bridgehead atoms. The number of hydrogen-bond acceptors (Lipinski definition) is 6. The van der Waals surface area contributed by atoms with Gasteiger partial charge in [0, 0.05) is 32.4 Å². The molecule has 1 saturated heterocycles. The zero-order valence-electron chi connectivity index (χ0n) is 15.6. The molecule has 0 saturated carbocycles. The molecule has 2 N–H and O–H groups in total. The fourth-order valence-corrected chi connectivity index (χ4v) is 3.04. The summed E-state index contributed by atoms with van der Waals surface area (Å²) < 4.78 is 13.7. The molecule has 8 nitrogen and oxygen atoms in total. The second-order valence-electron chi connectivity index (χ2n) is 6.53. The average molecular weight is 393 g/mol. The van der Waals surface area contributed by atoms with E-state index in [1.807, 2.05) is 24.3 Å². The third-order valence-corrected chi connectivity index (χ3v) is 4.59. The number of benzene rings is 1. The highest BCUT2D eigenvalue weighted by Gasteiger charge is 2.22. The normalized spacial score (nSPS) is 13.8. The minimum absolute atomic E-state index is 0.183. The fourth-order valence-electron chi connectivity index (χ4n) is 3.04. The molecule has 1 aromatic carbocycles. The summed E-state index contributed by atoms with van der Waals surface area (Å²) in [7, 11) is 0. The smallest absolute Gasteiger partial charge is 0.322 e. The van der Waals surface area contributed by atoms with E-state index in [9.17, 15) is 9.18 Å². The van der Waals surface area contributed by atoms with Crippen LogP contribution in [0.15, 0.2) is 60.9 Å². The molecule has 3 aromatic rings. The van der Waals surface area contributed by atoms with Gasteiger partial charge in [-0.3, -0.25) is 4.98 Å². The van der Waals surface area contributed by atoms with Crippen LogP contribution in [0.3, 0.4) is 0 Å². The van der Waals surface area contributed by atoms with Gasteiger partial charge in [0.25, 0.3) is 0 Å². The van der Waals surface area contributed by atoms with Crippen LogP contribution in [0, 0.1) is 5.82 Å². The lowest BCUT2D eigenvalue weighted by atomic mass is 10.3. The van der Waals surface area contributed by atoms with E-state index in [1.165, 1.54) is 6.07 Å². The van der Waals surface area contributed by atoms with Crippen molar-refractivity contribution in [3.63, 3.8) is 0 Å². The molecule has 9 heteroatoms. The van der Waals surface area contributed by atoms with Gasteiger partial charge in [-0.25, -0.2) is 9.18 Å². The summed E-state index contributed by atoms with van der Waals surface area (Å²) >= 11 is 0. The number of nitrogens with zero attached hydrogens (tertiary/aromatic N) is 5. The Morgan fingerprint density at radius 3 is 2.48 bits per heavy atom. The van der Waals surface area contributed by atoms with Crippen molar-refractivity contribution in [2.45, 2.75) is 0 Å². The van der Waals surface area contributed by atoms with Crippen molar-refractivity contribution in [3.05, 3.63) is 66.7 Å². The van der Waals surface area contributed by atoms with Gasteiger partial charge in [0.05, 0.1) is 17.6 Å². The van der Waals surface area contributed by atoms with Crippen LogP contribution in [0.2, 0.25) is 0 Å². The molecule has 148 valence electrons. The topological polar surface area (TPSA) is 86.3 Å². The fraction of sp³-hybridized carbons (Fsp3) is 0.200. The molecule has 1 fully saturated rings. The highest BCUT2D eigenvalue weighted by atomic mass is 19.1. The summed E-state index contributed by atoms with van der Waals surface area (Å²) in [5.41, 5.74) is 1.02.